The van der Waals surface area contributed by atoms with E-state index in [-0.39, 0.29) is 11.8 Å². The Kier molecular flexibility index (Phi) is 5.73. The maximum Gasteiger partial charge on any atom is 0.227 e. The maximum absolute atomic E-state index is 12.9. The zero-order valence-corrected chi connectivity index (χ0v) is 18.9. The number of methoxy groups -OCH3 is 1. The van der Waals surface area contributed by atoms with Crippen LogP contribution in [0.2, 0.25) is 0 Å². The van der Waals surface area contributed by atoms with E-state index in [4.69, 9.17) is 14.5 Å². The number of carbonyl (C=O) groups excluding carboxylic acids is 1. The summed E-state index contributed by atoms with van der Waals surface area (Å²) in [5.74, 6) is 2.64. The van der Waals surface area contributed by atoms with Crippen LogP contribution in [0, 0.1) is 6.92 Å². The second-order valence-corrected chi connectivity index (χ2v) is 8.38. The molecule has 0 bridgehead atoms. The quantitative estimate of drug-likeness (QED) is 0.407. The van der Waals surface area contributed by atoms with E-state index < -0.39 is 0 Å². The number of benzene rings is 3. The molecular weight excluding hydrogens is 414 g/mol. The first kappa shape index (κ1) is 21.1. The van der Waals surface area contributed by atoms with Gasteiger partial charge in [-0.05, 0) is 43.3 Å². The van der Waals surface area contributed by atoms with Gasteiger partial charge in [-0.2, -0.15) is 0 Å². The molecule has 1 fully saturated rings. The van der Waals surface area contributed by atoms with Gasteiger partial charge in [0, 0.05) is 30.6 Å². The standard InChI is InChI=1S/C27H27N3O3/c1-19-10-12-22(13-11-19)33-15-14-29-25-9-4-3-8-24(25)28-27(29)20-16-26(31)30(18-20)21-6-5-7-23(17-21)32-2/h3-13,17,20H,14-16,18H2,1-2H3/t20-/m1/s1. The Balaban J connectivity index is 1.39. The minimum absolute atomic E-state index is 0.00970. The molecule has 1 atom stereocenters. The molecule has 0 N–H and O–H groups in total. The summed E-state index contributed by atoms with van der Waals surface area (Å²) in [6.45, 7) is 3.84. The zero-order chi connectivity index (χ0) is 22.8. The Labute approximate surface area is 193 Å². The third-order valence-electron chi connectivity index (χ3n) is 6.14. The first-order chi connectivity index (χ1) is 16.1. The summed E-state index contributed by atoms with van der Waals surface area (Å²) in [4.78, 5) is 19.7. The van der Waals surface area contributed by atoms with E-state index in [0.29, 0.717) is 26.1 Å². The van der Waals surface area contributed by atoms with Crippen LogP contribution in [0.15, 0.2) is 72.8 Å². The SMILES string of the molecule is COc1cccc(N2C[C@H](c3nc4ccccc4n3CCOc3ccc(C)cc3)CC2=O)c1. The van der Waals surface area contributed by atoms with E-state index in [0.717, 1.165) is 34.0 Å². The smallest absolute Gasteiger partial charge is 0.227 e. The van der Waals surface area contributed by atoms with Crippen LogP contribution in [-0.4, -0.2) is 35.7 Å². The van der Waals surface area contributed by atoms with E-state index >= 15 is 0 Å². The Morgan fingerprint density at radius 2 is 1.82 bits per heavy atom. The molecule has 33 heavy (non-hydrogen) atoms. The number of hydrogen-bond donors (Lipinski definition) is 0. The number of fused-ring (bicyclic) bond motifs is 1. The van der Waals surface area contributed by atoms with Gasteiger partial charge in [-0.25, -0.2) is 4.98 Å². The second-order valence-electron chi connectivity index (χ2n) is 8.38. The molecule has 1 aromatic heterocycles. The predicted molar refractivity (Wildman–Crippen MR) is 129 cm³/mol. The third-order valence-corrected chi connectivity index (χ3v) is 6.14. The number of nitrogens with zero attached hydrogens (tertiary/aromatic N) is 3. The number of ether oxygens (including phenoxy) is 2. The fraction of sp³-hybridized carbons (Fsp3) is 0.259. The highest BCUT2D eigenvalue weighted by atomic mass is 16.5. The van der Waals surface area contributed by atoms with E-state index in [2.05, 4.69) is 17.6 Å². The van der Waals surface area contributed by atoms with Gasteiger partial charge in [0.25, 0.3) is 0 Å². The highest BCUT2D eigenvalue weighted by molar-refractivity contribution is 5.96. The van der Waals surface area contributed by atoms with Crippen LogP contribution in [0.5, 0.6) is 11.5 Å². The van der Waals surface area contributed by atoms with Crippen molar-refractivity contribution in [2.24, 2.45) is 0 Å². The molecule has 1 saturated heterocycles. The van der Waals surface area contributed by atoms with Gasteiger partial charge in [-0.1, -0.05) is 35.9 Å². The monoisotopic (exact) mass is 441 g/mol. The van der Waals surface area contributed by atoms with Gasteiger partial charge < -0.3 is 18.9 Å². The van der Waals surface area contributed by atoms with Gasteiger partial charge >= 0.3 is 0 Å². The van der Waals surface area contributed by atoms with Crippen molar-refractivity contribution >= 4 is 22.6 Å². The van der Waals surface area contributed by atoms with Gasteiger partial charge in [-0.3, -0.25) is 4.79 Å². The molecule has 6 nitrogen and oxygen atoms in total. The molecule has 2 heterocycles. The van der Waals surface area contributed by atoms with Crippen molar-refractivity contribution in [2.45, 2.75) is 25.8 Å². The summed E-state index contributed by atoms with van der Waals surface area (Å²) in [7, 11) is 1.63. The van der Waals surface area contributed by atoms with Gasteiger partial charge in [0.05, 0.1) is 24.7 Å². The number of imidazole rings is 1. The van der Waals surface area contributed by atoms with Crippen molar-refractivity contribution in [3.05, 3.63) is 84.2 Å². The second kappa shape index (κ2) is 8.98. The normalized spacial score (nSPS) is 15.9. The number of aryl methyl sites for hydroxylation is 1. The first-order valence-electron chi connectivity index (χ1n) is 11.2. The molecule has 168 valence electrons. The van der Waals surface area contributed by atoms with Crippen LogP contribution in [-0.2, 0) is 11.3 Å². The third kappa shape index (κ3) is 4.29. The van der Waals surface area contributed by atoms with E-state index in [9.17, 15) is 4.79 Å². The highest BCUT2D eigenvalue weighted by Crippen LogP contribution is 2.34. The van der Waals surface area contributed by atoms with Crippen molar-refractivity contribution in [3.63, 3.8) is 0 Å². The van der Waals surface area contributed by atoms with E-state index in [1.54, 1.807) is 7.11 Å². The molecule has 0 unspecified atom stereocenters. The van der Waals surface area contributed by atoms with Crippen molar-refractivity contribution in [3.8, 4) is 11.5 Å². The lowest BCUT2D eigenvalue weighted by atomic mass is 10.1. The number of aromatic nitrogens is 2. The number of carbonyl (C=O) groups is 1. The number of rotatable bonds is 7. The Hall–Kier alpha value is -3.80. The molecule has 6 heteroatoms. The van der Waals surface area contributed by atoms with Crippen molar-refractivity contribution in [1.29, 1.82) is 0 Å². The zero-order valence-electron chi connectivity index (χ0n) is 18.9. The highest BCUT2D eigenvalue weighted by Gasteiger charge is 2.35. The predicted octanol–water partition coefficient (Wildman–Crippen LogP) is 4.95. The molecule has 0 spiro atoms. The first-order valence-corrected chi connectivity index (χ1v) is 11.2. The Morgan fingerprint density at radius 1 is 1.00 bits per heavy atom. The van der Waals surface area contributed by atoms with Crippen molar-refractivity contribution in [1.82, 2.24) is 9.55 Å². The van der Waals surface area contributed by atoms with E-state index in [1.807, 2.05) is 71.6 Å². The minimum atomic E-state index is 0.00970. The fourth-order valence-corrected chi connectivity index (χ4v) is 4.44. The molecule has 4 aromatic rings. The van der Waals surface area contributed by atoms with Crippen LogP contribution in [0.3, 0.4) is 0 Å². The summed E-state index contributed by atoms with van der Waals surface area (Å²) in [6.07, 6.45) is 0.430. The Bertz CT molecular complexity index is 1280. The number of anilines is 1. The fourth-order valence-electron chi connectivity index (χ4n) is 4.44. The van der Waals surface area contributed by atoms with Crippen LogP contribution >= 0.6 is 0 Å². The van der Waals surface area contributed by atoms with Crippen LogP contribution in [0.4, 0.5) is 5.69 Å². The molecule has 0 aliphatic carbocycles. The number of para-hydroxylation sites is 2. The average molecular weight is 442 g/mol. The van der Waals surface area contributed by atoms with Crippen molar-refractivity contribution < 1.29 is 14.3 Å². The maximum atomic E-state index is 12.9. The molecule has 5 rings (SSSR count). The molecule has 0 saturated carbocycles. The lowest BCUT2D eigenvalue weighted by Gasteiger charge is -2.18. The average Bonchev–Trinajstić information content (AvgIpc) is 3.41. The van der Waals surface area contributed by atoms with Gasteiger partial charge in [0.1, 0.15) is 23.9 Å². The van der Waals surface area contributed by atoms with Crippen LogP contribution in [0.25, 0.3) is 11.0 Å². The largest absolute Gasteiger partial charge is 0.497 e. The van der Waals surface area contributed by atoms with Gasteiger partial charge in [0.2, 0.25) is 5.91 Å². The van der Waals surface area contributed by atoms with Crippen molar-refractivity contribution in [2.75, 3.05) is 25.2 Å². The Morgan fingerprint density at radius 3 is 2.64 bits per heavy atom. The lowest BCUT2D eigenvalue weighted by molar-refractivity contribution is -0.117. The molecule has 3 aromatic carbocycles. The molecule has 1 aliphatic rings. The van der Waals surface area contributed by atoms with Gasteiger partial charge in [0.15, 0.2) is 0 Å². The summed E-state index contributed by atoms with van der Waals surface area (Å²) < 4.78 is 13.5. The minimum Gasteiger partial charge on any atom is -0.497 e. The number of amides is 1. The molecular formula is C27H27N3O3. The van der Waals surface area contributed by atoms with Gasteiger partial charge in [-0.15, -0.1) is 0 Å². The summed E-state index contributed by atoms with van der Waals surface area (Å²) in [6, 6.07) is 23.8. The van der Waals surface area contributed by atoms with Crippen LogP contribution in [0.1, 0.15) is 23.7 Å². The summed E-state index contributed by atoms with van der Waals surface area (Å²) in [5.41, 5.74) is 4.06. The van der Waals surface area contributed by atoms with Crippen LogP contribution < -0.4 is 14.4 Å². The molecule has 1 aliphatic heterocycles. The molecule has 1 amide bonds. The van der Waals surface area contributed by atoms with E-state index in [1.165, 1.54) is 5.56 Å². The topological polar surface area (TPSA) is 56.6 Å². The lowest BCUT2D eigenvalue weighted by Crippen LogP contribution is -2.24. The summed E-state index contributed by atoms with van der Waals surface area (Å²) in [5, 5.41) is 0. The molecule has 0 radical (unpaired) electrons. The number of hydrogen-bond acceptors (Lipinski definition) is 4. The summed E-state index contributed by atoms with van der Waals surface area (Å²) >= 11 is 0.